The van der Waals surface area contributed by atoms with Crippen molar-refractivity contribution in [3.05, 3.63) is 0 Å². The van der Waals surface area contributed by atoms with Crippen molar-refractivity contribution in [1.82, 2.24) is 0 Å². The average molecular weight is 435 g/mol. The number of piperidine rings is 2. The molecule has 6 heterocycles. The molecule has 6 rings (SSSR count). The van der Waals surface area contributed by atoms with Crippen LogP contribution in [0.25, 0.3) is 0 Å². The first kappa shape index (κ1) is 23.1. The van der Waals surface area contributed by atoms with E-state index in [-0.39, 0.29) is 37.0 Å². The number of quaternary nitrogens is 2. The highest BCUT2D eigenvalue weighted by Crippen LogP contribution is 2.46. The van der Waals surface area contributed by atoms with Gasteiger partial charge >= 0.3 is 0 Å². The molecule has 4 nitrogen and oxygen atoms in total. The Balaban J connectivity index is 0.000000150. The third-order valence-electron chi connectivity index (χ3n) is 9.55. The Morgan fingerprint density at radius 2 is 0.714 bits per heavy atom. The van der Waals surface area contributed by atoms with Crippen molar-refractivity contribution in [3.63, 3.8) is 0 Å². The molecule has 6 heteroatoms. The molecule has 4 bridgehead atoms. The highest BCUT2D eigenvalue weighted by atomic mass is 35.5. The fourth-order valence-electron chi connectivity index (χ4n) is 8.46. The van der Waals surface area contributed by atoms with Crippen molar-refractivity contribution in [2.75, 3.05) is 26.2 Å². The van der Waals surface area contributed by atoms with Gasteiger partial charge in [-0.25, -0.2) is 0 Å². The molecule has 164 valence electrons. The molecule has 0 radical (unpaired) electrons. The number of hydrogen-bond acceptors (Lipinski definition) is 2. The van der Waals surface area contributed by atoms with Gasteiger partial charge in [-0.3, -0.25) is 0 Å². The lowest BCUT2D eigenvalue weighted by molar-refractivity contribution is -0.956. The number of rotatable bonds is 0. The van der Waals surface area contributed by atoms with Crippen molar-refractivity contribution in [1.29, 1.82) is 0 Å². The maximum Gasteiger partial charge on any atom is 0.0919 e. The third kappa shape index (κ3) is 3.65. The second-order valence-corrected chi connectivity index (χ2v) is 10.5. The Labute approximate surface area is 183 Å². The van der Waals surface area contributed by atoms with Gasteiger partial charge in [0.25, 0.3) is 0 Å². The van der Waals surface area contributed by atoms with Gasteiger partial charge in [-0.15, -0.1) is 0 Å². The molecule has 2 spiro atoms. The Morgan fingerprint density at radius 3 is 0.964 bits per heavy atom. The Morgan fingerprint density at radius 1 is 0.464 bits per heavy atom. The van der Waals surface area contributed by atoms with Crippen LogP contribution < -0.4 is 24.8 Å². The fourth-order valence-corrected chi connectivity index (χ4v) is 8.46. The van der Waals surface area contributed by atoms with Crippen LogP contribution in [0.3, 0.4) is 0 Å². The van der Waals surface area contributed by atoms with Crippen LogP contribution in [0.4, 0.5) is 0 Å². The molecule has 6 atom stereocenters. The van der Waals surface area contributed by atoms with E-state index in [2.05, 4.69) is 0 Å². The lowest BCUT2D eigenvalue weighted by atomic mass is 9.97. The highest BCUT2D eigenvalue weighted by molar-refractivity contribution is 4.89. The maximum atomic E-state index is 9.72. The SMILES string of the molecule is OC1C[C@H]2CC[C@@H](C1)[N+]21CCCC1.OC1C[C@H]2CC[C@@H](C1)[N+]21CCCC1.[Cl-].[Cl-]. The van der Waals surface area contributed by atoms with Gasteiger partial charge in [0.2, 0.25) is 0 Å². The molecule has 0 amide bonds. The summed E-state index contributed by atoms with van der Waals surface area (Å²) < 4.78 is 2.83. The van der Waals surface area contributed by atoms with Crippen molar-refractivity contribution >= 4 is 0 Å². The van der Waals surface area contributed by atoms with Crippen molar-refractivity contribution in [2.24, 2.45) is 0 Å². The monoisotopic (exact) mass is 434 g/mol. The second kappa shape index (κ2) is 8.88. The molecule has 6 aliphatic heterocycles. The molecule has 6 fully saturated rings. The van der Waals surface area contributed by atoms with E-state index in [0.29, 0.717) is 0 Å². The molecule has 6 saturated heterocycles. The van der Waals surface area contributed by atoms with Crippen molar-refractivity contribution in [2.45, 2.75) is 113 Å². The molecule has 0 aromatic carbocycles. The van der Waals surface area contributed by atoms with E-state index >= 15 is 0 Å². The summed E-state index contributed by atoms with van der Waals surface area (Å²) in [6, 6.07) is 3.32. The zero-order valence-electron chi connectivity index (χ0n) is 17.3. The van der Waals surface area contributed by atoms with E-state index in [0.717, 1.165) is 49.9 Å². The van der Waals surface area contributed by atoms with Gasteiger partial charge in [0.15, 0.2) is 0 Å². The predicted octanol–water partition coefficient (Wildman–Crippen LogP) is -3.43. The van der Waals surface area contributed by atoms with Gasteiger partial charge in [0.1, 0.15) is 0 Å². The molecule has 0 saturated carbocycles. The van der Waals surface area contributed by atoms with E-state index in [4.69, 9.17) is 0 Å². The first-order valence-corrected chi connectivity index (χ1v) is 11.7. The molecule has 6 aliphatic rings. The zero-order valence-corrected chi connectivity index (χ0v) is 18.8. The van der Waals surface area contributed by atoms with Crippen LogP contribution in [0.1, 0.15) is 77.0 Å². The van der Waals surface area contributed by atoms with Crippen LogP contribution >= 0.6 is 0 Å². The minimum absolute atomic E-state index is 0. The summed E-state index contributed by atoms with van der Waals surface area (Å²) in [5.74, 6) is 0. The van der Waals surface area contributed by atoms with Gasteiger partial charge in [-0.1, -0.05) is 0 Å². The summed E-state index contributed by atoms with van der Waals surface area (Å²) in [6.45, 7) is 5.67. The standard InChI is InChI=1S/2C11H20NO.2ClH/c2*13-11-7-9-3-4-10(8-11)12(9)5-1-2-6-12;;/h2*9-11,13H,1-8H2;2*1H/q2*+1;;/p-2/t2*9-,10+,11?;;. The maximum absolute atomic E-state index is 9.72. The lowest BCUT2D eigenvalue weighted by Crippen LogP contribution is -3.00. The van der Waals surface area contributed by atoms with Crippen LogP contribution in [0, 0.1) is 0 Å². The van der Waals surface area contributed by atoms with Crippen LogP contribution in [0.5, 0.6) is 0 Å². The molecule has 2 N–H and O–H groups in total. The fraction of sp³-hybridized carbons (Fsp3) is 1.00. The minimum atomic E-state index is 0. The largest absolute Gasteiger partial charge is 1.00 e. The second-order valence-electron chi connectivity index (χ2n) is 10.5. The normalized spacial score (nSPS) is 43.9. The topological polar surface area (TPSA) is 40.5 Å². The minimum Gasteiger partial charge on any atom is -1.00 e. The molecule has 0 aromatic heterocycles. The zero-order chi connectivity index (χ0) is 17.8. The summed E-state index contributed by atoms with van der Waals surface area (Å²) in [6.07, 6.45) is 15.7. The predicted molar refractivity (Wildman–Crippen MR) is 103 cm³/mol. The summed E-state index contributed by atoms with van der Waals surface area (Å²) >= 11 is 0. The van der Waals surface area contributed by atoms with Gasteiger partial charge in [-0.2, -0.15) is 0 Å². The Bertz CT molecular complexity index is 445. The first-order chi connectivity index (χ1) is 12.6. The van der Waals surface area contributed by atoms with Crippen LogP contribution in [0.15, 0.2) is 0 Å². The smallest absolute Gasteiger partial charge is 0.0919 e. The van der Waals surface area contributed by atoms with Crippen LogP contribution in [-0.2, 0) is 0 Å². The number of aliphatic hydroxyl groups excluding tert-OH is 2. The van der Waals surface area contributed by atoms with E-state index in [1.54, 1.807) is 0 Å². The molecule has 0 aliphatic carbocycles. The number of aliphatic hydroxyl groups is 2. The molecule has 2 unspecified atom stereocenters. The van der Waals surface area contributed by atoms with Gasteiger partial charge in [0.05, 0.1) is 62.6 Å². The summed E-state index contributed by atoms with van der Waals surface area (Å²) in [4.78, 5) is 0. The Kier molecular flexibility index (Phi) is 7.32. The lowest BCUT2D eigenvalue weighted by Gasteiger charge is -2.46. The van der Waals surface area contributed by atoms with Crippen LogP contribution in [0.2, 0.25) is 0 Å². The van der Waals surface area contributed by atoms with Gasteiger partial charge in [0, 0.05) is 77.0 Å². The summed E-state index contributed by atoms with van der Waals surface area (Å²) in [5, 5.41) is 19.4. The summed E-state index contributed by atoms with van der Waals surface area (Å²) in [7, 11) is 0. The molecule has 0 aromatic rings. The first-order valence-electron chi connectivity index (χ1n) is 11.7. The van der Waals surface area contributed by atoms with E-state index < -0.39 is 0 Å². The third-order valence-corrected chi connectivity index (χ3v) is 9.55. The molecular weight excluding hydrogens is 395 g/mol. The molecule has 28 heavy (non-hydrogen) atoms. The van der Waals surface area contributed by atoms with Crippen molar-refractivity contribution in [3.8, 4) is 0 Å². The van der Waals surface area contributed by atoms with Gasteiger partial charge < -0.3 is 44.0 Å². The molecular formula is C22H40Cl2N2O2. The Hall–Kier alpha value is 0.420. The summed E-state index contributed by atoms with van der Waals surface area (Å²) in [5.41, 5.74) is 0. The van der Waals surface area contributed by atoms with E-state index in [1.165, 1.54) is 86.5 Å². The quantitative estimate of drug-likeness (QED) is 0.389. The number of halogens is 2. The van der Waals surface area contributed by atoms with Crippen LogP contribution in [-0.4, -0.2) is 81.7 Å². The van der Waals surface area contributed by atoms with E-state index in [9.17, 15) is 10.2 Å². The van der Waals surface area contributed by atoms with E-state index in [1.807, 2.05) is 0 Å². The van der Waals surface area contributed by atoms with Gasteiger partial charge in [-0.05, 0) is 0 Å². The highest BCUT2D eigenvalue weighted by Gasteiger charge is 2.55. The average Bonchev–Trinajstić information content (AvgIpc) is 3.36. The number of hydrogen-bond donors (Lipinski definition) is 2. The van der Waals surface area contributed by atoms with Crippen molar-refractivity contribution < 1.29 is 44.0 Å². The number of nitrogens with zero attached hydrogens (tertiary/aromatic N) is 2.